The molecule has 1 aliphatic heterocycles. The predicted octanol–water partition coefficient (Wildman–Crippen LogP) is 0.876. The Labute approximate surface area is 124 Å². The van der Waals surface area contributed by atoms with Crippen LogP contribution >= 0.6 is 0 Å². The molecule has 1 aromatic carbocycles. The molecule has 1 unspecified atom stereocenters. The van der Waals surface area contributed by atoms with Crippen molar-refractivity contribution in [3.05, 3.63) is 23.8 Å². The first-order valence-corrected chi connectivity index (χ1v) is 6.86. The molecule has 0 spiro atoms. The van der Waals surface area contributed by atoms with E-state index in [0.29, 0.717) is 36.5 Å². The van der Waals surface area contributed by atoms with Crippen molar-refractivity contribution >= 4 is 17.5 Å². The molecule has 1 saturated heterocycles. The van der Waals surface area contributed by atoms with Crippen LogP contribution in [-0.4, -0.2) is 44.0 Å². The summed E-state index contributed by atoms with van der Waals surface area (Å²) in [6.45, 7) is 2.80. The Bertz CT molecular complexity index is 573. The van der Waals surface area contributed by atoms with Crippen molar-refractivity contribution in [3.63, 3.8) is 0 Å². The van der Waals surface area contributed by atoms with E-state index in [1.54, 1.807) is 30.1 Å². The van der Waals surface area contributed by atoms with Gasteiger partial charge in [-0.25, -0.2) is 0 Å². The van der Waals surface area contributed by atoms with Crippen molar-refractivity contribution in [2.24, 2.45) is 5.41 Å². The molecule has 1 atom stereocenters. The summed E-state index contributed by atoms with van der Waals surface area (Å²) in [6.07, 6.45) is 0.641. The minimum absolute atomic E-state index is 0.0450. The summed E-state index contributed by atoms with van der Waals surface area (Å²) >= 11 is 0. The normalized spacial score (nSPS) is 21.2. The van der Waals surface area contributed by atoms with Crippen LogP contribution in [0.1, 0.15) is 23.7 Å². The third-order valence-electron chi connectivity index (χ3n) is 4.03. The molecule has 1 heterocycles. The number of likely N-dealkylation sites (tertiary alicyclic amines) is 1. The summed E-state index contributed by atoms with van der Waals surface area (Å²) in [6, 6.07) is 5.00. The first-order chi connectivity index (χ1) is 9.91. The van der Waals surface area contributed by atoms with Gasteiger partial charge in [0.2, 0.25) is 5.91 Å². The minimum atomic E-state index is -0.544. The fourth-order valence-electron chi connectivity index (χ4n) is 2.64. The number of nitrogens with two attached hydrogens (primary N) is 1. The molecule has 0 aliphatic carbocycles. The standard InChI is InChI=1S/C15H21N3O3/c1-15(14(20)17-2)6-7-18(9-15)13(19)11-8-10(21-3)4-5-12(11)16/h4-5,8H,6-7,9,16H2,1-3H3,(H,17,20). The van der Waals surface area contributed by atoms with Gasteiger partial charge in [-0.2, -0.15) is 0 Å². The maximum Gasteiger partial charge on any atom is 0.256 e. The van der Waals surface area contributed by atoms with Gasteiger partial charge in [-0.3, -0.25) is 9.59 Å². The molecular formula is C15H21N3O3. The molecule has 0 radical (unpaired) electrons. The van der Waals surface area contributed by atoms with Gasteiger partial charge >= 0.3 is 0 Å². The number of hydrogen-bond acceptors (Lipinski definition) is 4. The minimum Gasteiger partial charge on any atom is -0.497 e. The molecule has 114 valence electrons. The number of nitrogens with zero attached hydrogens (tertiary/aromatic N) is 1. The Hall–Kier alpha value is -2.24. The number of methoxy groups -OCH3 is 1. The Morgan fingerprint density at radius 3 is 2.76 bits per heavy atom. The van der Waals surface area contributed by atoms with E-state index >= 15 is 0 Å². The quantitative estimate of drug-likeness (QED) is 0.810. The first-order valence-electron chi connectivity index (χ1n) is 6.86. The first kappa shape index (κ1) is 15.2. The molecule has 2 amide bonds. The van der Waals surface area contributed by atoms with Crippen LogP contribution in [0.2, 0.25) is 0 Å². The lowest BCUT2D eigenvalue weighted by molar-refractivity contribution is -0.128. The van der Waals surface area contributed by atoms with E-state index in [9.17, 15) is 9.59 Å². The number of hydrogen-bond donors (Lipinski definition) is 2. The van der Waals surface area contributed by atoms with Crippen molar-refractivity contribution in [1.82, 2.24) is 10.2 Å². The van der Waals surface area contributed by atoms with Gasteiger partial charge < -0.3 is 20.7 Å². The second-order valence-electron chi connectivity index (χ2n) is 5.57. The second-order valence-corrected chi connectivity index (χ2v) is 5.57. The van der Waals surface area contributed by atoms with Crippen molar-refractivity contribution in [2.45, 2.75) is 13.3 Å². The summed E-state index contributed by atoms with van der Waals surface area (Å²) in [5.41, 5.74) is 6.16. The zero-order valence-electron chi connectivity index (χ0n) is 12.6. The maximum atomic E-state index is 12.6. The molecule has 3 N–H and O–H groups in total. The lowest BCUT2D eigenvalue weighted by Gasteiger charge is -2.23. The van der Waals surface area contributed by atoms with Crippen LogP contribution in [0.25, 0.3) is 0 Å². The molecule has 0 aromatic heterocycles. The second kappa shape index (κ2) is 5.63. The summed E-state index contributed by atoms with van der Waals surface area (Å²) in [4.78, 5) is 26.2. The molecular weight excluding hydrogens is 270 g/mol. The number of carbonyl (C=O) groups is 2. The SMILES string of the molecule is CNC(=O)C1(C)CCN(C(=O)c2cc(OC)ccc2N)C1. The van der Waals surface area contributed by atoms with E-state index in [1.165, 1.54) is 7.11 Å². The summed E-state index contributed by atoms with van der Waals surface area (Å²) in [5, 5.41) is 2.65. The van der Waals surface area contributed by atoms with Gasteiger partial charge in [-0.1, -0.05) is 0 Å². The highest BCUT2D eigenvalue weighted by Gasteiger charge is 2.41. The maximum absolute atomic E-state index is 12.6. The monoisotopic (exact) mass is 291 g/mol. The fraction of sp³-hybridized carbons (Fsp3) is 0.467. The molecule has 1 fully saturated rings. The van der Waals surface area contributed by atoms with Crippen molar-refractivity contribution < 1.29 is 14.3 Å². The summed E-state index contributed by atoms with van der Waals surface area (Å²) in [5.74, 6) is 0.372. The van der Waals surface area contributed by atoms with E-state index in [4.69, 9.17) is 10.5 Å². The van der Waals surface area contributed by atoms with Gasteiger partial charge in [0.05, 0.1) is 18.1 Å². The highest BCUT2D eigenvalue weighted by molar-refractivity contribution is 6.00. The molecule has 2 rings (SSSR count). The van der Waals surface area contributed by atoms with Crippen LogP contribution in [0.3, 0.4) is 0 Å². The zero-order chi connectivity index (χ0) is 15.6. The third-order valence-corrected chi connectivity index (χ3v) is 4.03. The molecule has 0 bridgehead atoms. The number of benzene rings is 1. The largest absolute Gasteiger partial charge is 0.497 e. The average molecular weight is 291 g/mol. The number of anilines is 1. The molecule has 1 aromatic rings. The lowest BCUT2D eigenvalue weighted by Crippen LogP contribution is -2.40. The Kier molecular flexibility index (Phi) is 4.06. The predicted molar refractivity (Wildman–Crippen MR) is 80.1 cm³/mol. The highest BCUT2D eigenvalue weighted by atomic mass is 16.5. The Morgan fingerprint density at radius 2 is 2.14 bits per heavy atom. The molecule has 6 nitrogen and oxygen atoms in total. The van der Waals surface area contributed by atoms with Crippen LogP contribution in [0.5, 0.6) is 5.75 Å². The number of nitrogens with one attached hydrogen (secondary N) is 1. The number of amides is 2. The van der Waals surface area contributed by atoms with Gasteiger partial charge in [0, 0.05) is 25.8 Å². The lowest BCUT2D eigenvalue weighted by atomic mass is 9.89. The van der Waals surface area contributed by atoms with E-state index in [2.05, 4.69) is 5.32 Å². The van der Waals surface area contributed by atoms with E-state index in [0.717, 1.165) is 0 Å². The highest BCUT2D eigenvalue weighted by Crippen LogP contribution is 2.32. The number of nitrogen functional groups attached to an aromatic ring is 1. The van der Waals surface area contributed by atoms with E-state index < -0.39 is 5.41 Å². The molecule has 1 aliphatic rings. The Morgan fingerprint density at radius 1 is 1.43 bits per heavy atom. The van der Waals surface area contributed by atoms with Crippen LogP contribution in [-0.2, 0) is 4.79 Å². The summed E-state index contributed by atoms with van der Waals surface area (Å²) < 4.78 is 5.13. The smallest absolute Gasteiger partial charge is 0.256 e. The Balaban J connectivity index is 2.21. The van der Waals surface area contributed by atoms with Crippen molar-refractivity contribution in [1.29, 1.82) is 0 Å². The number of carbonyl (C=O) groups excluding carboxylic acids is 2. The topological polar surface area (TPSA) is 84.7 Å². The number of rotatable bonds is 3. The van der Waals surface area contributed by atoms with Gasteiger partial charge in [-0.05, 0) is 31.5 Å². The number of ether oxygens (including phenoxy) is 1. The van der Waals surface area contributed by atoms with Gasteiger partial charge in [0.1, 0.15) is 5.75 Å². The molecule has 6 heteroatoms. The molecule has 21 heavy (non-hydrogen) atoms. The van der Waals surface area contributed by atoms with Crippen molar-refractivity contribution in [3.8, 4) is 5.75 Å². The van der Waals surface area contributed by atoms with E-state index in [1.807, 2.05) is 6.92 Å². The van der Waals surface area contributed by atoms with Crippen LogP contribution in [0, 0.1) is 5.41 Å². The zero-order valence-corrected chi connectivity index (χ0v) is 12.6. The van der Waals surface area contributed by atoms with Gasteiger partial charge in [-0.15, -0.1) is 0 Å². The third kappa shape index (κ3) is 2.79. The molecule has 0 saturated carbocycles. The fourth-order valence-corrected chi connectivity index (χ4v) is 2.64. The van der Waals surface area contributed by atoms with Crippen LogP contribution < -0.4 is 15.8 Å². The van der Waals surface area contributed by atoms with Crippen LogP contribution in [0.4, 0.5) is 5.69 Å². The average Bonchev–Trinajstić information content (AvgIpc) is 2.90. The van der Waals surface area contributed by atoms with Crippen LogP contribution in [0.15, 0.2) is 18.2 Å². The van der Waals surface area contributed by atoms with Gasteiger partial charge in [0.15, 0.2) is 0 Å². The van der Waals surface area contributed by atoms with E-state index in [-0.39, 0.29) is 11.8 Å². The van der Waals surface area contributed by atoms with Gasteiger partial charge in [0.25, 0.3) is 5.91 Å². The summed E-state index contributed by atoms with van der Waals surface area (Å²) in [7, 11) is 3.15. The van der Waals surface area contributed by atoms with Crippen molar-refractivity contribution in [2.75, 3.05) is 33.0 Å².